The van der Waals surface area contributed by atoms with Gasteiger partial charge in [0.1, 0.15) is 11.3 Å². The Kier molecular flexibility index (Phi) is 4.21. The third kappa shape index (κ3) is 3.66. The number of nitrogens with two attached hydrogens (primary N) is 2. The summed E-state index contributed by atoms with van der Waals surface area (Å²) in [6, 6.07) is 13.2. The van der Waals surface area contributed by atoms with Crippen LogP contribution in [0.25, 0.3) is 11.0 Å². The van der Waals surface area contributed by atoms with Crippen molar-refractivity contribution in [3.8, 4) is 0 Å². The van der Waals surface area contributed by atoms with Gasteiger partial charge in [-0.05, 0) is 49.4 Å². The van der Waals surface area contributed by atoms with Crippen molar-refractivity contribution in [1.82, 2.24) is 5.32 Å². The Labute approximate surface area is 143 Å². The van der Waals surface area contributed by atoms with E-state index in [4.69, 9.17) is 15.9 Å². The fourth-order valence-electron chi connectivity index (χ4n) is 2.40. The number of carbonyl (C=O) groups is 2. The molecule has 3 aromatic rings. The molecule has 1 aromatic heterocycles. The number of nitrogens with zero attached hydrogens (tertiary/aromatic N) is 1. The lowest BCUT2D eigenvalue weighted by atomic mass is 10.1. The molecule has 0 fully saturated rings. The van der Waals surface area contributed by atoms with Crippen molar-refractivity contribution in [2.24, 2.45) is 16.5 Å². The van der Waals surface area contributed by atoms with Crippen molar-refractivity contribution in [1.29, 1.82) is 0 Å². The molecule has 0 radical (unpaired) electrons. The Hall–Kier alpha value is -3.61. The second kappa shape index (κ2) is 6.48. The molecule has 126 valence electrons. The molecular formula is C18H16N4O3. The van der Waals surface area contributed by atoms with Crippen molar-refractivity contribution < 1.29 is 14.0 Å². The highest BCUT2D eigenvalue weighted by molar-refractivity contribution is 6.07. The number of aryl methyl sites for hydroxylation is 1. The van der Waals surface area contributed by atoms with E-state index < -0.39 is 11.8 Å². The molecule has 0 atom stereocenters. The number of carbonyl (C=O) groups excluding carboxylic acids is 2. The second-order valence-corrected chi connectivity index (χ2v) is 5.48. The van der Waals surface area contributed by atoms with Gasteiger partial charge in [0.2, 0.25) is 11.9 Å². The molecule has 0 unspecified atom stereocenters. The minimum absolute atomic E-state index is 0.0611. The summed E-state index contributed by atoms with van der Waals surface area (Å²) in [6.07, 6.45) is 0. The van der Waals surface area contributed by atoms with Crippen LogP contribution < -0.4 is 16.8 Å². The number of nitrogens with one attached hydrogen (secondary N) is 1. The fourth-order valence-corrected chi connectivity index (χ4v) is 2.40. The van der Waals surface area contributed by atoms with Gasteiger partial charge in [-0.25, -0.2) is 4.99 Å². The molecule has 0 saturated heterocycles. The van der Waals surface area contributed by atoms with E-state index in [0.717, 1.165) is 16.7 Å². The van der Waals surface area contributed by atoms with Crippen LogP contribution in [0.1, 0.15) is 26.5 Å². The quantitative estimate of drug-likeness (QED) is 0.501. The van der Waals surface area contributed by atoms with Crippen LogP contribution in [0, 0.1) is 6.92 Å². The molecule has 0 aliphatic heterocycles. The molecule has 0 aliphatic rings. The average molecular weight is 336 g/mol. The van der Waals surface area contributed by atoms with Crippen LogP contribution in [-0.4, -0.2) is 17.8 Å². The molecule has 2 aromatic carbocycles. The van der Waals surface area contributed by atoms with E-state index in [1.165, 1.54) is 12.1 Å². The Morgan fingerprint density at radius 1 is 1.04 bits per heavy atom. The number of hydrogen-bond donors (Lipinski definition) is 3. The van der Waals surface area contributed by atoms with Gasteiger partial charge >= 0.3 is 0 Å². The number of guanidine groups is 1. The van der Waals surface area contributed by atoms with E-state index in [-0.39, 0.29) is 17.1 Å². The Balaban J connectivity index is 1.78. The van der Waals surface area contributed by atoms with Gasteiger partial charge < -0.3 is 15.9 Å². The molecule has 25 heavy (non-hydrogen) atoms. The minimum atomic E-state index is -0.611. The highest BCUT2D eigenvalue weighted by Gasteiger charge is 2.10. The largest absolute Gasteiger partial charge is 0.461 e. The maximum Gasteiger partial charge on any atom is 0.257 e. The van der Waals surface area contributed by atoms with Gasteiger partial charge in [0.25, 0.3) is 5.91 Å². The number of furan rings is 1. The zero-order valence-corrected chi connectivity index (χ0v) is 13.4. The summed E-state index contributed by atoms with van der Waals surface area (Å²) in [7, 11) is 0. The zero-order valence-electron chi connectivity index (χ0n) is 13.4. The van der Waals surface area contributed by atoms with Crippen molar-refractivity contribution in [2.45, 2.75) is 6.92 Å². The number of amides is 2. The van der Waals surface area contributed by atoms with E-state index >= 15 is 0 Å². The summed E-state index contributed by atoms with van der Waals surface area (Å²) in [6.45, 7) is 1.86. The summed E-state index contributed by atoms with van der Waals surface area (Å²) in [5, 5.41) is 3.37. The van der Waals surface area contributed by atoms with E-state index in [0.29, 0.717) is 5.69 Å². The van der Waals surface area contributed by atoms with Crippen LogP contribution in [0.4, 0.5) is 5.69 Å². The topological polar surface area (TPSA) is 124 Å². The summed E-state index contributed by atoms with van der Waals surface area (Å²) >= 11 is 0. The molecule has 1 heterocycles. The molecule has 0 saturated carbocycles. The third-order valence-corrected chi connectivity index (χ3v) is 3.52. The van der Waals surface area contributed by atoms with Gasteiger partial charge in [-0.2, -0.15) is 0 Å². The van der Waals surface area contributed by atoms with Gasteiger partial charge in [-0.15, -0.1) is 0 Å². The highest BCUT2D eigenvalue weighted by Crippen LogP contribution is 2.24. The lowest BCUT2D eigenvalue weighted by Crippen LogP contribution is -2.36. The van der Waals surface area contributed by atoms with Crippen LogP contribution in [0.3, 0.4) is 0 Å². The maximum absolute atomic E-state index is 12.2. The van der Waals surface area contributed by atoms with Gasteiger partial charge in [-0.3, -0.25) is 14.9 Å². The number of fused-ring (bicyclic) bond motifs is 1. The van der Waals surface area contributed by atoms with Crippen LogP contribution in [0.15, 0.2) is 57.9 Å². The molecule has 5 N–H and O–H groups in total. The number of rotatable bonds is 3. The van der Waals surface area contributed by atoms with Crippen molar-refractivity contribution >= 4 is 34.4 Å². The van der Waals surface area contributed by atoms with E-state index in [1.54, 1.807) is 30.3 Å². The number of aliphatic imine (C=N–C) groups is 1. The number of primary amides is 1. The van der Waals surface area contributed by atoms with Crippen LogP contribution in [0.5, 0.6) is 0 Å². The Morgan fingerprint density at radius 3 is 2.56 bits per heavy atom. The van der Waals surface area contributed by atoms with Crippen LogP contribution in [0.2, 0.25) is 0 Å². The minimum Gasteiger partial charge on any atom is -0.461 e. The van der Waals surface area contributed by atoms with E-state index in [2.05, 4.69) is 10.3 Å². The first-order valence-corrected chi connectivity index (χ1v) is 7.48. The molecule has 0 spiro atoms. The first-order chi connectivity index (χ1) is 11.9. The third-order valence-electron chi connectivity index (χ3n) is 3.52. The summed E-state index contributed by atoms with van der Waals surface area (Å²) < 4.78 is 5.49. The Morgan fingerprint density at radius 2 is 1.80 bits per heavy atom. The lowest BCUT2D eigenvalue weighted by Gasteiger charge is -2.05. The molecule has 3 rings (SSSR count). The van der Waals surface area contributed by atoms with Crippen LogP contribution >= 0.6 is 0 Å². The lowest BCUT2D eigenvalue weighted by molar-refractivity contribution is 0.0976. The molecular weight excluding hydrogens is 320 g/mol. The van der Waals surface area contributed by atoms with Crippen LogP contribution in [-0.2, 0) is 0 Å². The predicted octanol–water partition coefficient (Wildman–Crippen LogP) is 2.22. The van der Waals surface area contributed by atoms with Gasteiger partial charge in [0.15, 0.2) is 0 Å². The normalized spacial score (nSPS) is 11.5. The second-order valence-electron chi connectivity index (χ2n) is 5.48. The molecule has 2 amide bonds. The molecule has 7 heteroatoms. The first kappa shape index (κ1) is 16.3. The molecule has 7 nitrogen and oxygen atoms in total. The smallest absolute Gasteiger partial charge is 0.257 e. The summed E-state index contributed by atoms with van der Waals surface area (Å²) in [4.78, 5) is 27.5. The Bertz CT molecular complexity index is 1000. The SMILES string of the molecule is Cc1cc2cc(N=C(N)NC(=O)c3cccc(C(N)=O)c3)ccc2o1. The average Bonchev–Trinajstić information content (AvgIpc) is 2.94. The number of hydrogen-bond acceptors (Lipinski definition) is 4. The maximum atomic E-state index is 12.2. The number of benzene rings is 2. The zero-order chi connectivity index (χ0) is 18.0. The summed E-state index contributed by atoms with van der Waals surface area (Å²) in [5.74, 6) is -0.356. The van der Waals surface area contributed by atoms with Gasteiger partial charge in [0, 0.05) is 16.5 Å². The molecule has 0 bridgehead atoms. The van der Waals surface area contributed by atoms with Crippen molar-refractivity contribution in [3.63, 3.8) is 0 Å². The first-order valence-electron chi connectivity index (χ1n) is 7.48. The van der Waals surface area contributed by atoms with Crippen molar-refractivity contribution in [2.75, 3.05) is 0 Å². The summed E-state index contributed by atoms with van der Waals surface area (Å²) in [5.41, 5.74) is 12.8. The molecule has 0 aliphatic carbocycles. The van der Waals surface area contributed by atoms with E-state index in [9.17, 15) is 9.59 Å². The van der Waals surface area contributed by atoms with Gasteiger partial charge in [-0.1, -0.05) is 6.07 Å². The van der Waals surface area contributed by atoms with Gasteiger partial charge in [0.05, 0.1) is 5.69 Å². The van der Waals surface area contributed by atoms with E-state index in [1.807, 2.05) is 13.0 Å². The fraction of sp³-hybridized carbons (Fsp3) is 0.0556. The predicted molar refractivity (Wildman–Crippen MR) is 94.7 cm³/mol. The van der Waals surface area contributed by atoms with Crippen molar-refractivity contribution in [3.05, 3.63) is 65.4 Å². The standard InChI is InChI=1S/C18H16N4O3/c1-10-7-13-9-14(5-6-15(13)25-10)21-18(20)22-17(24)12-4-2-3-11(8-12)16(19)23/h2-9H,1H3,(H2,19,23)(H3,20,21,22,24). The highest BCUT2D eigenvalue weighted by atomic mass is 16.3. The monoisotopic (exact) mass is 336 g/mol.